The Kier molecular flexibility index (Phi) is 7.92. The minimum absolute atomic E-state index is 0.0431. The van der Waals surface area contributed by atoms with Gasteiger partial charge in [-0.3, -0.25) is 19.1 Å². The van der Waals surface area contributed by atoms with Gasteiger partial charge in [-0.2, -0.15) is 5.10 Å². The third kappa shape index (κ3) is 5.88. The summed E-state index contributed by atoms with van der Waals surface area (Å²) in [4.78, 5) is 40.7. The van der Waals surface area contributed by atoms with Crippen molar-refractivity contribution in [2.75, 3.05) is 18.4 Å². The summed E-state index contributed by atoms with van der Waals surface area (Å²) in [6.07, 6.45) is 2.06. The fourth-order valence-corrected chi connectivity index (χ4v) is 5.78. The maximum atomic E-state index is 15.2. The van der Waals surface area contributed by atoms with Gasteiger partial charge in [0.25, 0.3) is 5.91 Å². The van der Waals surface area contributed by atoms with Crippen molar-refractivity contribution in [1.29, 1.82) is 0 Å². The van der Waals surface area contributed by atoms with Crippen LogP contribution in [0.3, 0.4) is 0 Å². The van der Waals surface area contributed by atoms with E-state index in [4.69, 9.17) is 0 Å². The molecule has 5 rings (SSSR count). The van der Waals surface area contributed by atoms with Crippen LogP contribution >= 0.6 is 0 Å². The van der Waals surface area contributed by atoms with Crippen molar-refractivity contribution in [3.8, 4) is 0 Å². The van der Waals surface area contributed by atoms with E-state index in [9.17, 15) is 23.2 Å². The van der Waals surface area contributed by atoms with Gasteiger partial charge >= 0.3 is 0 Å². The molecular weight excluding hydrogens is 523 g/mol. The fourth-order valence-electron chi connectivity index (χ4n) is 5.78. The summed E-state index contributed by atoms with van der Waals surface area (Å²) in [6.45, 7) is 4.72. The van der Waals surface area contributed by atoms with Crippen LogP contribution in [0, 0.1) is 23.6 Å². The summed E-state index contributed by atoms with van der Waals surface area (Å²) >= 11 is 0. The SMILES string of the molecule is CC(C)n1nccc1C(=O)N[C@H](C(=O)Nc1ccc([C@H](C)C(=O)N2C[C@H](F)[C@@H](F)C2)cc1F)C(C1CC1)C1CC1. The van der Waals surface area contributed by atoms with E-state index < -0.39 is 47.8 Å². The molecule has 8 nitrogen and oxygen atoms in total. The Morgan fingerprint density at radius 1 is 0.975 bits per heavy atom. The largest absolute Gasteiger partial charge is 0.339 e. The van der Waals surface area contributed by atoms with Gasteiger partial charge in [0.05, 0.1) is 24.7 Å². The van der Waals surface area contributed by atoms with Crippen LogP contribution in [0.4, 0.5) is 18.9 Å². The molecule has 216 valence electrons. The maximum absolute atomic E-state index is 15.2. The van der Waals surface area contributed by atoms with Gasteiger partial charge in [0, 0.05) is 12.2 Å². The molecule has 1 aliphatic heterocycles. The first-order valence-electron chi connectivity index (χ1n) is 14.1. The third-order valence-electron chi connectivity index (χ3n) is 8.29. The smallest absolute Gasteiger partial charge is 0.270 e. The van der Waals surface area contributed by atoms with Crippen molar-refractivity contribution >= 4 is 23.4 Å². The lowest BCUT2D eigenvalue weighted by molar-refractivity contribution is -0.131. The average molecular weight is 560 g/mol. The van der Waals surface area contributed by atoms with E-state index in [1.807, 2.05) is 13.8 Å². The highest BCUT2D eigenvalue weighted by Crippen LogP contribution is 2.51. The summed E-state index contributed by atoms with van der Waals surface area (Å²) in [7, 11) is 0. The van der Waals surface area contributed by atoms with E-state index >= 15 is 4.39 Å². The van der Waals surface area contributed by atoms with Crippen LogP contribution in [-0.2, 0) is 9.59 Å². The van der Waals surface area contributed by atoms with Crippen molar-refractivity contribution in [2.24, 2.45) is 17.8 Å². The molecule has 2 aliphatic carbocycles. The number of hydrogen-bond donors (Lipinski definition) is 2. The zero-order valence-corrected chi connectivity index (χ0v) is 22.9. The Morgan fingerprint density at radius 2 is 1.60 bits per heavy atom. The number of anilines is 1. The van der Waals surface area contributed by atoms with Crippen molar-refractivity contribution in [1.82, 2.24) is 20.0 Å². The molecule has 1 aromatic carbocycles. The van der Waals surface area contributed by atoms with Gasteiger partial charge in [0.2, 0.25) is 11.8 Å². The Balaban J connectivity index is 1.32. The highest BCUT2D eigenvalue weighted by Gasteiger charge is 2.48. The van der Waals surface area contributed by atoms with Crippen LogP contribution in [0.15, 0.2) is 30.5 Å². The first-order chi connectivity index (χ1) is 19.0. The lowest BCUT2D eigenvalue weighted by atomic mass is 9.88. The minimum Gasteiger partial charge on any atom is -0.339 e. The number of nitrogens with one attached hydrogen (secondary N) is 2. The molecule has 3 fully saturated rings. The number of aromatic nitrogens is 2. The van der Waals surface area contributed by atoms with Crippen LogP contribution < -0.4 is 10.6 Å². The van der Waals surface area contributed by atoms with Gasteiger partial charge in [-0.15, -0.1) is 0 Å². The number of nitrogens with zero attached hydrogens (tertiary/aromatic N) is 3. The molecule has 1 saturated heterocycles. The highest BCUT2D eigenvalue weighted by atomic mass is 19.2. The molecular formula is C29H36F3N5O3. The number of hydrogen-bond acceptors (Lipinski definition) is 4. The molecule has 2 aromatic rings. The first-order valence-corrected chi connectivity index (χ1v) is 14.1. The van der Waals surface area contributed by atoms with Gasteiger partial charge in [-0.25, -0.2) is 13.2 Å². The minimum atomic E-state index is -1.72. The number of carbonyl (C=O) groups is 3. The quantitative estimate of drug-likeness (QED) is 0.451. The predicted molar refractivity (Wildman–Crippen MR) is 143 cm³/mol. The molecule has 2 N–H and O–H groups in total. The van der Waals surface area contributed by atoms with Crippen LogP contribution in [-0.4, -0.2) is 63.9 Å². The topological polar surface area (TPSA) is 96.3 Å². The second kappa shape index (κ2) is 11.2. The lowest BCUT2D eigenvalue weighted by Crippen LogP contribution is -2.50. The molecule has 3 aliphatic rings. The van der Waals surface area contributed by atoms with Gasteiger partial charge in [0.1, 0.15) is 17.6 Å². The molecule has 3 amide bonds. The molecule has 0 bridgehead atoms. The zero-order valence-electron chi connectivity index (χ0n) is 22.9. The van der Waals surface area contributed by atoms with E-state index in [2.05, 4.69) is 15.7 Å². The number of carbonyl (C=O) groups excluding carboxylic acids is 3. The van der Waals surface area contributed by atoms with Crippen LogP contribution in [0.5, 0.6) is 0 Å². The summed E-state index contributed by atoms with van der Waals surface area (Å²) in [5, 5.41) is 9.81. The van der Waals surface area contributed by atoms with Gasteiger partial charge in [0.15, 0.2) is 12.3 Å². The number of rotatable bonds is 10. The normalized spacial score (nSPS) is 22.4. The number of alkyl halides is 2. The van der Waals surface area contributed by atoms with E-state index in [0.717, 1.165) is 36.6 Å². The van der Waals surface area contributed by atoms with Crippen LogP contribution in [0.25, 0.3) is 0 Å². The molecule has 4 atom stereocenters. The Hall–Kier alpha value is -3.37. The van der Waals surface area contributed by atoms with Crippen LogP contribution in [0.2, 0.25) is 0 Å². The molecule has 40 heavy (non-hydrogen) atoms. The van der Waals surface area contributed by atoms with E-state index in [-0.39, 0.29) is 30.7 Å². The summed E-state index contributed by atoms with van der Waals surface area (Å²) < 4.78 is 44.0. The lowest BCUT2D eigenvalue weighted by Gasteiger charge is -2.28. The molecule has 1 aromatic heterocycles. The molecule has 0 spiro atoms. The Morgan fingerprint density at radius 3 is 2.15 bits per heavy atom. The summed E-state index contributed by atoms with van der Waals surface area (Å²) in [5.41, 5.74) is 0.612. The highest BCUT2D eigenvalue weighted by molar-refractivity contribution is 6.01. The summed E-state index contributed by atoms with van der Waals surface area (Å²) in [5.74, 6) is -2.33. The van der Waals surface area contributed by atoms with Gasteiger partial charge < -0.3 is 15.5 Å². The second-order valence-electron chi connectivity index (χ2n) is 11.7. The Labute approximate surface area is 231 Å². The van der Waals surface area contributed by atoms with Crippen molar-refractivity contribution in [3.63, 3.8) is 0 Å². The van der Waals surface area contributed by atoms with E-state index in [0.29, 0.717) is 23.1 Å². The number of benzene rings is 1. The molecule has 2 heterocycles. The maximum Gasteiger partial charge on any atom is 0.270 e. The van der Waals surface area contributed by atoms with Gasteiger partial charge in [-0.1, -0.05) is 6.07 Å². The Bertz CT molecular complexity index is 1250. The van der Waals surface area contributed by atoms with E-state index in [1.54, 1.807) is 23.9 Å². The fraction of sp³-hybridized carbons (Fsp3) is 0.586. The molecule has 0 radical (unpaired) electrons. The monoisotopic (exact) mass is 559 g/mol. The molecule has 11 heteroatoms. The number of amides is 3. The summed E-state index contributed by atoms with van der Waals surface area (Å²) in [6, 6.07) is 4.77. The average Bonchev–Trinajstić information content (AvgIpc) is 3.85. The van der Waals surface area contributed by atoms with Crippen molar-refractivity contribution in [2.45, 2.75) is 76.8 Å². The van der Waals surface area contributed by atoms with Crippen molar-refractivity contribution in [3.05, 3.63) is 47.5 Å². The van der Waals surface area contributed by atoms with Crippen molar-refractivity contribution < 1.29 is 27.6 Å². The predicted octanol–water partition coefficient (Wildman–Crippen LogP) is 4.40. The number of halogens is 3. The molecule has 2 saturated carbocycles. The second-order valence-corrected chi connectivity index (χ2v) is 11.7. The third-order valence-corrected chi connectivity index (χ3v) is 8.29. The standard InChI is InChI=1S/C29H36F3N5O3/c1-15(2)37-24(10-11-33-37)27(38)35-26(25(17-4-5-17)18-6-7-18)28(39)34-23-9-8-19(12-20(23)30)16(3)29(40)36-13-21(31)22(32)14-36/h8-12,15-18,21-22,25-26H,4-7,13-14H2,1-3H3,(H,34,39)(H,35,38)/t16-,21-,22-,26-/m0/s1. The van der Waals surface area contributed by atoms with E-state index in [1.165, 1.54) is 12.1 Å². The van der Waals surface area contributed by atoms with Crippen LogP contribution in [0.1, 0.15) is 74.5 Å². The molecule has 0 unspecified atom stereocenters. The first kappa shape index (κ1) is 28.2. The van der Waals surface area contributed by atoms with Gasteiger partial charge in [-0.05, 0) is 88.0 Å². The zero-order chi connectivity index (χ0) is 28.7. The number of likely N-dealkylation sites (tertiary alicyclic amines) is 1.